The summed E-state index contributed by atoms with van der Waals surface area (Å²) in [5.41, 5.74) is 2.09. The Morgan fingerprint density at radius 2 is 2.11 bits per heavy atom. The molecule has 19 heavy (non-hydrogen) atoms. The Morgan fingerprint density at radius 3 is 2.63 bits per heavy atom. The summed E-state index contributed by atoms with van der Waals surface area (Å²) in [6.45, 7) is 7.26. The Labute approximate surface area is 115 Å². The Bertz CT molecular complexity index is 496. The molecule has 6 nitrogen and oxygen atoms in total. The first-order chi connectivity index (χ1) is 8.86. The summed E-state index contributed by atoms with van der Waals surface area (Å²) in [5.74, 6) is 0. The third-order valence-corrected chi connectivity index (χ3v) is 4.81. The summed E-state index contributed by atoms with van der Waals surface area (Å²) >= 11 is 0. The van der Waals surface area contributed by atoms with Gasteiger partial charge in [-0.2, -0.15) is 5.10 Å². The van der Waals surface area contributed by atoms with Crippen molar-refractivity contribution in [2.45, 2.75) is 39.0 Å². The second kappa shape index (κ2) is 7.02. The number of aryl methyl sites for hydroxylation is 3. The maximum absolute atomic E-state index is 11.8. The zero-order chi connectivity index (χ0) is 14.5. The summed E-state index contributed by atoms with van der Waals surface area (Å²) in [6, 6.07) is 2.01. The van der Waals surface area contributed by atoms with Gasteiger partial charge < -0.3 is 5.32 Å². The minimum atomic E-state index is -3.22. The maximum Gasteiger partial charge on any atom is 0.215 e. The lowest BCUT2D eigenvalue weighted by Crippen LogP contribution is -2.38. The monoisotopic (exact) mass is 288 g/mol. The van der Waals surface area contributed by atoms with Crippen LogP contribution in [0, 0.1) is 13.8 Å². The van der Waals surface area contributed by atoms with Crippen LogP contribution in [0.15, 0.2) is 6.07 Å². The fourth-order valence-electron chi connectivity index (χ4n) is 1.88. The molecule has 0 saturated heterocycles. The van der Waals surface area contributed by atoms with E-state index in [9.17, 15) is 8.42 Å². The lowest BCUT2D eigenvalue weighted by atomic mass is 10.4. The molecule has 1 aromatic rings. The average Bonchev–Trinajstić information content (AvgIpc) is 2.64. The van der Waals surface area contributed by atoms with Gasteiger partial charge >= 0.3 is 0 Å². The van der Waals surface area contributed by atoms with Crippen molar-refractivity contribution < 1.29 is 8.42 Å². The van der Waals surface area contributed by atoms with Crippen molar-refractivity contribution in [3.63, 3.8) is 0 Å². The van der Waals surface area contributed by atoms with Gasteiger partial charge in [0.25, 0.3) is 0 Å². The Hall–Kier alpha value is -0.920. The molecule has 0 aliphatic rings. The Morgan fingerprint density at radius 1 is 1.42 bits per heavy atom. The topological polar surface area (TPSA) is 76.0 Å². The average molecular weight is 288 g/mol. The van der Waals surface area contributed by atoms with Crippen LogP contribution < -0.4 is 10.0 Å². The van der Waals surface area contributed by atoms with Gasteiger partial charge in [-0.3, -0.25) is 4.68 Å². The molecule has 1 rings (SSSR count). The van der Waals surface area contributed by atoms with Crippen LogP contribution in [0.4, 0.5) is 0 Å². The zero-order valence-corrected chi connectivity index (χ0v) is 12.9. The van der Waals surface area contributed by atoms with E-state index in [2.05, 4.69) is 15.1 Å². The quantitative estimate of drug-likeness (QED) is 0.680. The number of nitrogens with one attached hydrogen (secondary N) is 2. The highest BCUT2D eigenvalue weighted by Crippen LogP contribution is 2.03. The van der Waals surface area contributed by atoms with Gasteiger partial charge in [-0.25, -0.2) is 13.1 Å². The van der Waals surface area contributed by atoms with Crippen molar-refractivity contribution in [2.24, 2.45) is 0 Å². The number of nitrogens with zero attached hydrogens (tertiary/aromatic N) is 2. The summed E-state index contributed by atoms with van der Waals surface area (Å²) in [7, 11) is -1.48. The standard InChI is InChI=1S/C12H24N4O2S/c1-10-8-11(2)16(15-10)7-5-6-14-19(17,18)12(3)9-13-4/h8,12-14H,5-7,9H2,1-4H3. The van der Waals surface area contributed by atoms with E-state index < -0.39 is 15.3 Å². The zero-order valence-electron chi connectivity index (χ0n) is 12.1. The smallest absolute Gasteiger partial charge is 0.215 e. The van der Waals surface area contributed by atoms with Crippen LogP contribution in [0.2, 0.25) is 0 Å². The highest BCUT2D eigenvalue weighted by atomic mass is 32.2. The molecule has 1 aromatic heterocycles. The van der Waals surface area contributed by atoms with Crippen molar-refractivity contribution in [3.8, 4) is 0 Å². The highest BCUT2D eigenvalue weighted by Gasteiger charge is 2.18. The van der Waals surface area contributed by atoms with Crippen LogP contribution in [-0.2, 0) is 16.6 Å². The first kappa shape index (κ1) is 16.1. The highest BCUT2D eigenvalue weighted by molar-refractivity contribution is 7.90. The number of aromatic nitrogens is 2. The largest absolute Gasteiger partial charge is 0.318 e. The van der Waals surface area contributed by atoms with E-state index in [1.165, 1.54) is 0 Å². The molecule has 0 saturated carbocycles. The second-order valence-electron chi connectivity index (χ2n) is 4.81. The predicted octanol–water partition coefficient (Wildman–Crippen LogP) is 0.417. The SMILES string of the molecule is CNCC(C)S(=O)(=O)NCCCn1nc(C)cc1C. The molecule has 0 aliphatic heterocycles. The lowest BCUT2D eigenvalue weighted by molar-refractivity contribution is 0.536. The van der Waals surface area contributed by atoms with E-state index in [1.807, 2.05) is 24.6 Å². The van der Waals surface area contributed by atoms with Crippen LogP contribution in [0.25, 0.3) is 0 Å². The molecule has 0 aliphatic carbocycles. The molecular formula is C12H24N4O2S. The van der Waals surface area contributed by atoms with E-state index in [1.54, 1.807) is 14.0 Å². The van der Waals surface area contributed by atoms with Gasteiger partial charge in [0.2, 0.25) is 10.0 Å². The number of hydrogen-bond donors (Lipinski definition) is 2. The fraction of sp³-hybridized carbons (Fsp3) is 0.750. The van der Waals surface area contributed by atoms with Gasteiger partial charge in [0.05, 0.1) is 10.9 Å². The van der Waals surface area contributed by atoms with Gasteiger partial charge in [-0.05, 0) is 40.3 Å². The van der Waals surface area contributed by atoms with Crippen molar-refractivity contribution in [3.05, 3.63) is 17.5 Å². The van der Waals surface area contributed by atoms with E-state index in [4.69, 9.17) is 0 Å². The molecule has 0 fully saturated rings. The van der Waals surface area contributed by atoms with Crippen molar-refractivity contribution in [1.82, 2.24) is 19.8 Å². The van der Waals surface area contributed by atoms with Crippen molar-refractivity contribution >= 4 is 10.0 Å². The first-order valence-corrected chi connectivity index (χ1v) is 8.05. The van der Waals surface area contributed by atoms with Crippen LogP contribution in [-0.4, -0.2) is 43.6 Å². The fourth-order valence-corrected chi connectivity index (χ4v) is 2.98. The molecule has 1 atom stereocenters. The second-order valence-corrected chi connectivity index (χ2v) is 6.99. The molecule has 1 unspecified atom stereocenters. The van der Waals surface area contributed by atoms with Crippen LogP contribution in [0.1, 0.15) is 24.7 Å². The molecule has 0 spiro atoms. The predicted molar refractivity (Wildman–Crippen MR) is 76.6 cm³/mol. The molecule has 0 amide bonds. The summed E-state index contributed by atoms with van der Waals surface area (Å²) < 4.78 is 28.2. The molecule has 1 heterocycles. The van der Waals surface area contributed by atoms with Gasteiger partial charge in [-0.1, -0.05) is 0 Å². The van der Waals surface area contributed by atoms with Gasteiger partial charge in [0.15, 0.2) is 0 Å². The van der Waals surface area contributed by atoms with Gasteiger partial charge in [0.1, 0.15) is 0 Å². The summed E-state index contributed by atoms with van der Waals surface area (Å²) in [5, 5.41) is 6.78. The molecule has 0 radical (unpaired) electrons. The molecule has 0 bridgehead atoms. The number of hydrogen-bond acceptors (Lipinski definition) is 4. The lowest BCUT2D eigenvalue weighted by Gasteiger charge is -2.13. The van der Waals surface area contributed by atoms with E-state index >= 15 is 0 Å². The van der Waals surface area contributed by atoms with Gasteiger partial charge in [0, 0.05) is 25.3 Å². The normalized spacial score (nSPS) is 13.7. The first-order valence-electron chi connectivity index (χ1n) is 6.51. The number of sulfonamides is 1. The molecule has 110 valence electrons. The molecule has 0 aromatic carbocycles. The third-order valence-electron chi connectivity index (χ3n) is 2.97. The van der Waals surface area contributed by atoms with Crippen LogP contribution >= 0.6 is 0 Å². The third kappa shape index (κ3) is 4.93. The summed E-state index contributed by atoms with van der Waals surface area (Å²) in [4.78, 5) is 0. The Balaban J connectivity index is 2.37. The molecular weight excluding hydrogens is 264 g/mol. The minimum absolute atomic E-state index is 0.425. The van der Waals surface area contributed by atoms with E-state index in [0.29, 0.717) is 13.1 Å². The van der Waals surface area contributed by atoms with Crippen molar-refractivity contribution in [2.75, 3.05) is 20.1 Å². The maximum atomic E-state index is 11.8. The minimum Gasteiger partial charge on any atom is -0.318 e. The van der Waals surface area contributed by atoms with E-state index in [0.717, 1.165) is 24.4 Å². The van der Waals surface area contributed by atoms with Gasteiger partial charge in [-0.15, -0.1) is 0 Å². The molecule has 7 heteroatoms. The Kier molecular flexibility index (Phi) is 5.96. The summed E-state index contributed by atoms with van der Waals surface area (Å²) in [6.07, 6.45) is 0.730. The molecule has 2 N–H and O–H groups in total. The van der Waals surface area contributed by atoms with Crippen LogP contribution in [0.3, 0.4) is 0 Å². The van der Waals surface area contributed by atoms with Crippen LogP contribution in [0.5, 0.6) is 0 Å². The van der Waals surface area contributed by atoms with Crippen molar-refractivity contribution in [1.29, 1.82) is 0 Å². The van der Waals surface area contributed by atoms with E-state index in [-0.39, 0.29) is 0 Å². The number of rotatable bonds is 8.